The number of carbonyl (C=O) groups is 1. The van der Waals surface area contributed by atoms with Crippen LogP contribution in [0.4, 0.5) is 0 Å². The Morgan fingerprint density at radius 2 is 2.26 bits per heavy atom. The van der Waals surface area contributed by atoms with E-state index < -0.39 is 0 Å². The van der Waals surface area contributed by atoms with Crippen LogP contribution in [-0.2, 0) is 4.79 Å². The fourth-order valence-corrected chi connectivity index (χ4v) is 2.41. The van der Waals surface area contributed by atoms with E-state index in [0.717, 1.165) is 19.5 Å². The number of rotatable bonds is 5. The first-order chi connectivity index (χ1) is 9.20. The van der Waals surface area contributed by atoms with Crippen LogP contribution in [0.15, 0.2) is 24.3 Å². The topological polar surface area (TPSA) is 55.6 Å². The number of hydrogen-bond acceptors (Lipinski definition) is 3. The van der Waals surface area contributed by atoms with Crippen molar-refractivity contribution in [2.75, 3.05) is 26.2 Å². The molecule has 1 atom stereocenters. The standard InChI is InChI=1S/C14H19ClN2O2/c15-12-3-1-2-4-13(12)19-8-6-14(18)17-7-5-11(9-16)10-17/h1-4,11H,5-10,16H2. The van der Waals surface area contributed by atoms with Gasteiger partial charge in [-0.05, 0) is 31.0 Å². The minimum atomic E-state index is 0.128. The van der Waals surface area contributed by atoms with Crippen molar-refractivity contribution < 1.29 is 9.53 Å². The summed E-state index contributed by atoms with van der Waals surface area (Å²) < 4.78 is 5.52. The molecule has 1 aromatic carbocycles. The summed E-state index contributed by atoms with van der Waals surface area (Å²) >= 11 is 5.97. The average molecular weight is 283 g/mol. The third-order valence-electron chi connectivity index (χ3n) is 3.38. The Kier molecular flexibility index (Phi) is 5.05. The number of carbonyl (C=O) groups excluding carboxylic acids is 1. The number of para-hydroxylation sites is 1. The first kappa shape index (κ1) is 14.2. The molecule has 0 saturated carbocycles. The molecule has 0 spiro atoms. The summed E-state index contributed by atoms with van der Waals surface area (Å²) in [6.45, 7) is 2.60. The molecule has 1 aromatic rings. The van der Waals surface area contributed by atoms with Crippen LogP contribution in [0.3, 0.4) is 0 Å². The van der Waals surface area contributed by atoms with Gasteiger partial charge in [0.2, 0.25) is 5.91 Å². The molecule has 1 unspecified atom stereocenters. The molecule has 4 nitrogen and oxygen atoms in total. The van der Waals surface area contributed by atoms with Crippen molar-refractivity contribution in [1.29, 1.82) is 0 Å². The largest absolute Gasteiger partial charge is 0.491 e. The van der Waals surface area contributed by atoms with E-state index in [-0.39, 0.29) is 5.91 Å². The summed E-state index contributed by atoms with van der Waals surface area (Å²) in [7, 11) is 0. The maximum atomic E-state index is 12.0. The summed E-state index contributed by atoms with van der Waals surface area (Å²) in [4.78, 5) is 13.8. The molecule has 1 aliphatic heterocycles. The Labute approximate surface area is 118 Å². The molecule has 2 N–H and O–H groups in total. The molecule has 5 heteroatoms. The van der Waals surface area contributed by atoms with Crippen molar-refractivity contribution in [2.45, 2.75) is 12.8 Å². The number of hydrogen-bond donors (Lipinski definition) is 1. The molecule has 0 aliphatic carbocycles. The van der Waals surface area contributed by atoms with Gasteiger partial charge in [0.25, 0.3) is 0 Å². The fourth-order valence-electron chi connectivity index (χ4n) is 2.22. The summed E-state index contributed by atoms with van der Waals surface area (Å²) in [6, 6.07) is 7.27. The van der Waals surface area contributed by atoms with E-state index >= 15 is 0 Å². The van der Waals surface area contributed by atoms with Crippen molar-refractivity contribution in [2.24, 2.45) is 11.7 Å². The Balaban J connectivity index is 1.74. The van der Waals surface area contributed by atoms with Crippen molar-refractivity contribution in [3.05, 3.63) is 29.3 Å². The predicted octanol–water partition coefficient (Wildman–Crippen LogP) is 1.92. The van der Waals surface area contributed by atoms with Gasteiger partial charge in [-0.25, -0.2) is 0 Å². The van der Waals surface area contributed by atoms with Crippen molar-refractivity contribution in [3.8, 4) is 5.75 Å². The SMILES string of the molecule is NCC1CCN(C(=O)CCOc2ccccc2Cl)C1. The molecule has 1 saturated heterocycles. The van der Waals surface area contributed by atoms with Crippen LogP contribution in [0.25, 0.3) is 0 Å². The zero-order chi connectivity index (χ0) is 13.7. The molecule has 104 valence electrons. The van der Waals surface area contributed by atoms with Gasteiger partial charge >= 0.3 is 0 Å². The van der Waals surface area contributed by atoms with Gasteiger partial charge in [0.1, 0.15) is 5.75 Å². The minimum absolute atomic E-state index is 0.128. The van der Waals surface area contributed by atoms with E-state index in [2.05, 4.69) is 0 Å². The molecule has 1 amide bonds. The van der Waals surface area contributed by atoms with Gasteiger partial charge in [0.15, 0.2) is 0 Å². The van der Waals surface area contributed by atoms with Gasteiger partial charge < -0.3 is 15.4 Å². The lowest BCUT2D eigenvalue weighted by Crippen LogP contribution is -2.30. The second-order valence-electron chi connectivity index (χ2n) is 4.76. The highest BCUT2D eigenvalue weighted by atomic mass is 35.5. The monoisotopic (exact) mass is 282 g/mol. The quantitative estimate of drug-likeness (QED) is 0.898. The Morgan fingerprint density at radius 3 is 2.95 bits per heavy atom. The lowest BCUT2D eigenvalue weighted by molar-refractivity contribution is -0.130. The first-order valence-corrected chi connectivity index (χ1v) is 6.93. The van der Waals surface area contributed by atoms with Gasteiger partial charge in [-0.1, -0.05) is 23.7 Å². The van der Waals surface area contributed by atoms with E-state index in [1.807, 2.05) is 17.0 Å². The van der Waals surface area contributed by atoms with Gasteiger partial charge in [-0.15, -0.1) is 0 Å². The Morgan fingerprint density at radius 1 is 1.47 bits per heavy atom. The van der Waals surface area contributed by atoms with Crippen LogP contribution < -0.4 is 10.5 Å². The zero-order valence-electron chi connectivity index (χ0n) is 10.8. The second-order valence-corrected chi connectivity index (χ2v) is 5.17. The fraction of sp³-hybridized carbons (Fsp3) is 0.500. The molecule has 1 aliphatic rings. The van der Waals surface area contributed by atoms with E-state index in [9.17, 15) is 4.79 Å². The van der Waals surface area contributed by atoms with E-state index in [4.69, 9.17) is 22.1 Å². The molecule has 1 heterocycles. The molecule has 0 bridgehead atoms. The third-order valence-corrected chi connectivity index (χ3v) is 3.69. The van der Waals surface area contributed by atoms with Gasteiger partial charge in [0, 0.05) is 13.1 Å². The number of ether oxygens (including phenoxy) is 1. The van der Waals surface area contributed by atoms with E-state index in [0.29, 0.717) is 36.3 Å². The molecular formula is C14H19ClN2O2. The Bertz CT molecular complexity index is 439. The molecule has 19 heavy (non-hydrogen) atoms. The maximum Gasteiger partial charge on any atom is 0.226 e. The highest BCUT2D eigenvalue weighted by molar-refractivity contribution is 6.32. The molecule has 0 radical (unpaired) electrons. The van der Waals surface area contributed by atoms with Gasteiger partial charge in [0.05, 0.1) is 18.1 Å². The van der Waals surface area contributed by atoms with E-state index in [1.54, 1.807) is 12.1 Å². The van der Waals surface area contributed by atoms with E-state index in [1.165, 1.54) is 0 Å². The molecule has 0 aromatic heterocycles. The first-order valence-electron chi connectivity index (χ1n) is 6.56. The third kappa shape index (κ3) is 3.85. The number of benzene rings is 1. The van der Waals surface area contributed by atoms with Gasteiger partial charge in [-0.3, -0.25) is 4.79 Å². The number of nitrogens with zero attached hydrogens (tertiary/aromatic N) is 1. The summed E-state index contributed by atoms with van der Waals surface area (Å²) in [5.74, 6) is 1.20. The number of halogens is 1. The summed E-state index contributed by atoms with van der Waals surface area (Å²) in [5.41, 5.74) is 5.61. The van der Waals surface area contributed by atoms with Crippen molar-refractivity contribution in [1.82, 2.24) is 4.90 Å². The minimum Gasteiger partial charge on any atom is -0.491 e. The van der Waals surface area contributed by atoms with Crippen LogP contribution in [0.5, 0.6) is 5.75 Å². The lowest BCUT2D eigenvalue weighted by atomic mass is 10.1. The molecule has 2 rings (SSSR count). The zero-order valence-corrected chi connectivity index (χ0v) is 11.6. The highest BCUT2D eigenvalue weighted by Crippen LogP contribution is 2.23. The number of likely N-dealkylation sites (tertiary alicyclic amines) is 1. The smallest absolute Gasteiger partial charge is 0.226 e. The van der Waals surface area contributed by atoms with Crippen LogP contribution in [-0.4, -0.2) is 37.0 Å². The average Bonchev–Trinajstić information content (AvgIpc) is 2.90. The molecular weight excluding hydrogens is 264 g/mol. The predicted molar refractivity (Wildman–Crippen MR) is 75.3 cm³/mol. The molecule has 1 fully saturated rings. The highest BCUT2D eigenvalue weighted by Gasteiger charge is 2.24. The van der Waals surface area contributed by atoms with Gasteiger partial charge in [-0.2, -0.15) is 0 Å². The normalized spacial score (nSPS) is 18.6. The summed E-state index contributed by atoms with van der Waals surface area (Å²) in [6.07, 6.45) is 1.39. The lowest BCUT2D eigenvalue weighted by Gasteiger charge is -2.16. The number of amides is 1. The van der Waals surface area contributed by atoms with Crippen LogP contribution in [0.2, 0.25) is 5.02 Å². The second kappa shape index (κ2) is 6.78. The number of nitrogens with two attached hydrogens (primary N) is 1. The Hall–Kier alpha value is -1.26. The van der Waals surface area contributed by atoms with Crippen LogP contribution >= 0.6 is 11.6 Å². The van der Waals surface area contributed by atoms with Crippen molar-refractivity contribution in [3.63, 3.8) is 0 Å². The van der Waals surface area contributed by atoms with Crippen molar-refractivity contribution >= 4 is 17.5 Å². The maximum absolute atomic E-state index is 12.0. The summed E-state index contributed by atoms with van der Waals surface area (Å²) in [5, 5.41) is 0.569. The van der Waals surface area contributed by atoms with Crippen LogP contribution in [0.1, 0.15) is 12.8 Å². The van der Waals surface area contributed by atoms with Crippen LogP contribution in [0, 0.1) is 5.92 Å².